The summed E-state index contributed by atoms with van der Waals surface area (Å²) in [6, 6.07) is 0. The lowest BCUT2D eigenvalue weighted by Gasteiger charge is -1.95. The molecule has 0 aromatic rings. The first-order chi connectivity index (χ1) is 17.1. The summed E-state index contributed by atoms with van der Waals surface area (Å²) in [5.74, 6) is 0. The molecule has 0 spiro atoms. The quantitative estimate of drug-likeness (QED) is 0.0932. The highest BCUT2D eigenvalue weighted by Crippen LogP contribution is 2.51. The van der Waals surface area contributed by atoms with Crippen LogP contribution in [0, 0.1) is 0 Å². The van der Waals surface area contributed by atoms with Gasteiger partial charge in [0.1, 0.15) is 18.2 Å². The second-order valence-corrected chi connectivity index (χ2v) is 46.5. The average Bonchev–Trinajstić information content (AvgIpc) is 2.44. The minimum atomic E-state index is -3.64. The van der Waals surface area contributed by atoms with E-state index in [4.69, 9.17) is 64.2 Å². The summed E-state index contributed by atoms with van der Waals surface area (Å²) in [6.45, 7) is 6.64. The lowest BCUT2D eigenvalue weighted by atomic mass is 11.9. The van der Waals surface area contributed by atoms with E-state index in [0.29, 0.717) is 0 Å². The lowest BCUT2D eigenvalue weighted by Crippen LogP contribution is -1.68. The van der Waals surface area contributed by atoms with Crippen LogP contribution in [0.15, 0.2) is 9.82 Å². The number of rotatable bonds is 0. The maximum absolute atomic E-state index is 9.33. The smallest absolute Gasteiger partial charge is 0.322 e. The maximum Gasteiger partial charge on any atom is 0.322 e. The molecule has 0 radical (unpaired) electrons. The van der Waals surface area contributed by atoms with Gasteiger partial charge < -0.3 is 53.8 Å². The molecule has 0 aliphatic heterocycles. The Balaban J connectivity index is -0.0000000525. The van der Waals surface area contributed by atoms with Crippen LogP contribution in [0.4, 0.5) is 0 Å². The fraction of sp³-hybridized carbons (Fsp3) is 1.00. The number of thiol groups is 4. The van der Waals surface area contributed by atoms with Crippen LogP contribution in [-0.4, -0.2) is 124 Å². The molecule has 0 aromatic carbocycles. The van der Waals surface area contributed by atoms with Crippen molar-refractivity contribution in [1.29, 1.82) is 0 Å². The second-order valence-electron chi connectivity index (χ2n) is 7.40. The fourth-order valence-electron chi connectivity index (χ4n) is 0. The summed E-state index contributed by atoms with van der Waals surface area (Å²) in [6.07, 6.45) is 0. The minimum absolute atomic E-state index is 0.854. The molecule has 33 heteroatoms. The first kappa shape index (κ1) is 65.2. The first-order valence-corrected chi connectivity index (χ1v) is 36.2. The zero-order valence-corrected chi connectivity index (χ0v) is 38.3. The van der Waals surface area contributed by atoms with Crippen LogP contribution in [0.25, 0.3) is 0 Å². The van der Waals surface area contributed by atoms with E-state index in [1.807, 2.05) is 6.66 Å². The van der Waals surface area contributed by atoms with E-state index in [9.17, 15) is 4.57 Å². The third-order valence-electron chi connectivity index (χ3n) is 0.388. The Morgan fingerprint density at radius 2 is 0.524 bits per heavy atom. The van der Waals surface area contributed by atoms with E-state index in [1.54, 1.807) is 0 Å². The van der Waals surface area contributed by atoms with E-state index < -0.39 is 50.7 Å². The van der Waals surface area contributed by atoms with Gasteiger partial charge in [0.05, 0.1) is 0 Å². The molecule has 0 amide bonds. The minimum Gasteiger partial charge on any atom is -0.358 e. The highest BCUT2D eigenvalue weighted by atomic mass is 33.2. The van der Waals surface area contributed by atoms with Gasteiger partial charge in [0, 0.05) is 31.1 Å². The van der Waals surface area contributed by atoms with Gasteiger partial charge >= 0.3 is 7.60 Å². The van der Waals surface area contributed by atoms with Crippen molar-refractivity contribution in [2.24, 2.45) is 9.82 Å². The predicted octanol–water partition coefficient (Wildman–Crippen LogP) is 3.86. The summed E-state index contributed by atoms with van der Waals surface area (Å²) in [5, 5.41) is 15.4. The summed E-state index contributed by atoms with van der Waals surface area (Å²) >= 11 is 36.5. The van der Waals surface area contributed by atoms with Crippen LogP contribution >= 0.6 is 99.7 Å². The molecule has 0 aliphatic rings. The number of hydrogen-bond donors (Lipinski definition) is 17. The monoisotopic (exact) mass is 940 g/mol. The van der Waals surface area contributed by atoms with Crippen molar-refractivity contribution in [2.45, 2.75) is 0 Å². The molecular formula is C9H44N2O14P8S9. The van der Waals surface area contributed by atoms with Crippen LogP contribution in [0.2, 0.25) is 0 Å². The van der Waals surface area contributed by atoms with E-state index in [2.05, 4.69) is 118 Å². The van der Waals surface area contributed by atoms with Gasteiger partial charge in [-0.1, -0.05) is 35.4 Å². The second kappa shape index (κ2) is 30.6. The fourth-order valence-corrected chi connectivity index (χ4v) is 0. The third kappa shape index (κ3) is 735. The van der Waals surface area contributed by atoms with Crippen LogP contribution < -0.4 is 0 Å². The summed E-state index contributed by atoms with van der Waals surface area (Å²) in [5.41, 5.74) is -4.22. The van der Waals surface area contributed by atoms with Gasteiger partial charge in [-0.05, 0) is 56.9 Å². The van der Waals surface area contributed by atoms with E-state index in [0.717, 1.165) is 13.3 Å². The molecule has 0 aliphatic carbocycles. The molecule has 0 saturated carbocycles. The van der Waals surface area contributed by atoms with Gasteiger partial charge in [-0.25, -0.2) is 0 Å². The highest BCUT2D eigenvalue weighted by molar-refractivity contribution is 8.92. The molecule has 0 bridgehead atoms. The van der Waals surface area contributed by atoms with E-state index in [1.165, 1.54) is 40.0 Å². The van der Waals surface area contributed by atoms with E-state index in [-0.39, 0.29) is 0 Å². The normalized spacial score (nSPS) is 14.0. The Kier molecular flexibility index (Phi) is 47.6. The van der Waals surface area contributed by atoms with E-state index >= 15 is 0 Å². The van der Waals surface area contributed by atoms with Gasteiger partial charge in [-0.15, -0.1) is 58.8 Å². The average molecular weight is 941 g/mol. The molecule has 16 nitrogen and oxygen atoms in total. The lowest BCUT2D eigenvalue weighted by molar-refractivity contribution is 0.302. The number of nitrogens with zero attached hydrogens (tertiary/aromatic N) is 2. The van der Waals surface area contributed by atoms with Gasteiger partial charge in [0.25, 0.3) is 0 Å². The molecule has 0 rings (SSSR count). The SMILES string of the molecule is CP(=O)(O)O.CP(=S)(S)S.CP(C)(O)=NO.CP(O)(=S)S.CP(O)(=S)S.CP(O)(O)=NO.CP(O)(O)=S.CP(O)(O)=S. The highest BCUT2D eigenvalue weighted by Gasteiger charge is 1.96. The summed E-state index contributed by atoms with van der Waals surface area (Å²) in [7, 11) is -9.07. The van der Waals surface area contributed by atoms with Crippen LogP contribution in [0.5, 0.6) is 0 Å². The van der Waals surface area contributed by atoms with Crippen molar-refractivity contribution >= 4 is 159 Å². The van der Waals surface area contributed by atoms with Crippen molar-refractivity contribution < 1.29 is 68.8 Å². The standard InChI is InChI=1S/C2H8NO2P.CH6NO3P.CH5O3P.2CH5O2PS.2CH5OPS2.CH5PS3/c1-6(2,5)3-4;1-6(4,5)2-3;1-5(2,3)4;2*1-4(2,3)5;2*1-3(2,4)5;1-2(3,4)5/h4-5H,1-2H3;3-5H,1H3;1H3,(H2,2,3,4);2*1H3,(H2,2,3,5);2*1H3,(H2,2,4,5);1H3,(H2,3,4,5). The van der Waals surface area contributed by atoms with Gasteiger partial charge in [-0.2, -0.15) is 0 Å². The Morgan fingerprint density at radius 3 is 0.524 bits per heavy atom. The molecule has 0 saturated heterocycles. The Bertz CT molecular complexity index is 819. The molecule has 268 valence electrons. The molecule has 13 N–H and O–H groups in total. The zero-order valence-electron chi connectivity index (χ0n) is 23.5. The topological polar surface area (TPSA) is 305 Å². The molecule has 2 atom stereocenters. The van der Waals surface area contributed by atoms with Crippen molar-refractivity contribution in [1.82, 2.24) is 0 Å². The van der Waals surface area contributed by atoms with Crippen molar-refractivity contribution in [3.05, 3.63) is 0 Å². The number of hydrogen-bond acceptors (Lipinski definition) is 8. The molecule has 42 heavy (non-hydrogen) atoms. The molecule has 0 heterocycles. The largest absolute Gasteiger partial charge is 0.358 e. The molecule has 0 aromatic heterocycles. The van der Waals surface area contributed by atoms with Gasteiger partial charge in [0.15, 0.2) is 13.0 Å². The van der Waals surface area contributed by atoms with Crippen molar-refractivity contribution in [2.75, 3.05) is 60.0 Å². The summed E-state index contributed by atoms with van der Waals surface area (Å²) < 4.78 is 7.91. The van der Waals surface area contributed by atoms with Crippen molar-refractivity contribution in [3.8, 4) is 0 Å². The molecular weight excluding hydrogens is 896 g/mol. The van der Waals surface area contributed by atoms with Gasteiger partial charge in [0.2, 0.25) is 7.51 Å². The zero-order chi connectivity index (χ0) is 37.4. The Labute approximate surface area is 294 Å². The molecule has 0 fully saturated rings. The van der Waals surface area contributed by atoms with Crippen LogP contribution in [-0.2, 0) is 63.6 Å². The third-order valence-corrected chi connectivity index (χ3v) is 1.16. The van der Waals surface area contributed by atoms with Crippen LogP contribution in [0.1, 0.15) is 0 Å². The summed E-state index contributed by atoms with van der Waals surface area (Å²) in [4.78, 5) is 93.5. The Morgan fingerprint density at radius 1 is 0.476 bits per heavy atom. The van der Waals surface area contributed by atoms with Crippen molar-refractivity contribution in [3.63, 3.8) is 0 Å². The Hall–Kier alpha value is 4.82. The first-order valence-electron chi connectivity index (χ1n) is 8.92. The maximum atomic E-state index is 9.33. The predicted molar refractivity (Wildman–Crippen MR) is 215 cm³/mol. The van der Waals surface area contributed by atoms with Crippen LogP contribution in [0.3, 0.4) is 0 Å². The molecule has 2 unspecified atom stereocenters. The van der Waals surface area contributed by atoms with Gasteiger partial charge in [-0.3, -0.25) is 15.0 Å².